The van der Waals surface area contributed by atoms with Crippen LogP contribution in [0.2, 0.25) is 5.02 Å². The molecule has 0 saturated carbocycles. The number of hydrogen-bond donors (Lipinski definition) is 1. The quantitative estimate of drug-likeness (QED) is 0.407. The van der Waals surface area contributed by atoms with Crippen LogP contribution in [0.3, 0.4) is 0 Å². The number of para-hydroxylation sites is 1. The highest BCUT2D eigenvalue weighted by Crippen LogP contribution is 2.31. The number of methoxy groups -OCH3 is 1. The summed E-state index contributed by atoms with van der Waals surface area (Å²) in [5, 5.41) is 2.63. The van der Waals surface area contributed by atoms with E-state index < -0.39 is 23.7 Å². The van der Waals surface area contributed by atoms with Crippen LogP contribution >= 0.6 is 11.6 Å². The molecule has 172 valence electrons. The number of rotatable bonds is 6. The summed E-state index contributed by atoms with van der Waals surface area (Å²) in [6.07, 6.45) is 1.29. The average molecular weight is 481 g/mol. The van der Waals surface area contributed by atoms with E-state index in [0.29, 0.717) is 27.0 Å². The molecule has 0 spiro atoms. The van der Waals surface area contributed by atoms with Crippen molar-refractivity contribution in [2.45, 2.75) is 6.61 Å². The number of nitrogens with zero attached hydrogens (tertiary/aromatic N) is 1. The van der Waals surface area contributed by atoms with Crippen molar-refractivity contribution in [1.29, 1.82) is 0 Å². The number of benzene rings is 3. The lowest BCUT2D eigenvalue weighted by Crippen LogP contribution is -2.54. The second kappa shape index (κ2) is 9.76. The molecule has 4 rings (SSSR count). The van der Waals surface area contributed by atoms with Crippen molar-refractivity contribution in [1.82, 2.24) is 5.32 Å². The molecule has 1 N–H and O–H groups in total. The number of halogens is 2. The van der Waals surface area contributed by atoms with E-state index in [-0.39, 0.29) is 17.9 Å². The van der Waals surface area contributed by atoms with E-state index in [1.807, 2.05) is 18.2 Å². The highest BCUT2D eigenvalue weighted by atomic mass is 35.5. The van der Waals surface area contributed by atoms with Gasteiger partial charge in [0.15, 0.2) is 11.5 Å². The van der Waals surface area contributed by atoms with Crippen LogP contribution < -0.4 is 19.7 Å². The molecule has 0 aromatic heterocycles. The van der Waals surface area contributed by atoms with Crippen LogP contribution in [0.1, 0.15) is 11.1 Å². The number of urea groups is 1. The number of carbonyl (C=O) groups is 3. The maximum atomic E-state index is 14.2. The molecule has 1 aliphatic heterocycles. The predicted molar refractivity (Wildman–Crippen MR) is 124 cm³/mol. The van der Waals surface area contributed by atoms with Gasteiger partial charge >= 0.3 is 6.03 Å². The first-order chi connectivity index (χ1) is 16.4. The van der Waals surface area contributed by atoms with E-state index in [0.717, 1.165) is 11.6 Å². The Labute approximate surface area is 199 Å². The Morgan fingerprint density at radius 2 is 1.74 bits per heavy atom. The molecular weight excluding hydrogens is 463 g/mol. The summed E-state index contributed by atoms with van der Waals surface area (Å²) in [5.74, 6) is -1.84. The molecule has 0 aliphatic carbocycles. The lowest BCUT2D eigenvalue weighted by molar-refractivity contribution is -0.122. The lowest BCUT2D eigenvalue weighted by Gasteiger charge is -2.26. The molecule has 0 atom stereocenters. The van der Waals surface area contributed by atoms with Gasteiger partial charge in [0.25, 0.3) is 11.8 Å². The Balaban J connectivity index is 1.61. The number of hydrogen-bond acceptors (Lipinski definition) is 5. The minimum absolute atomic E-state index is 0.205. The summed E-state index contributed by atoms with van der Waals surface area (Å²) >= 11 is 6.16. The monoisotopic (exact) mass is 480 g/mol. The van der Waals surface area contributed by atoms with Crippen molar-refractivity contribution in [3.8, 4) is 11.5 Å². The lowest BCUT2D eigenvalue weighted by atomic mass is 10.1. The number of imide groups is 2. The number of barbiturate groups is 1. The summed E-state index contributed by atoms with van der Waals surface area (Å²) in [5.41, 5.74) is 0.627. The van der Waals surface area contributed by atoms with Crippen LogP contribution in [-0.4, -0.2) is 25.0 Å². The van der Waals surface area contributed by atoms with Crippen LogP contribution in [0.4, 0.5) is 14.9 Å². The fraction of sp³-hybridized carbons (Fsp3) is 0.0800. The van der Waals surface area contributed by atoms with Gasteiger partial charge in [-0.05, 0) is 42.0 Å². The van der Waals surface area contributed by atoms with Crippen molar-refractivity contribution in [3.63, 3.8) is 0 Å². The molecule has 1 saturated heterocycles. The van der Waals surface area contributed by atoms with Crippen molar-refractivity contribution < 1.29 is 28.2 Å². The van der Waals surface area contributed by atoms with Gasteiger partial charge in [0, 0.05) is 10.6 Å². The van der Waals surface area contributed by atoms with Crippen molar-refractivity contribution in [3.05, 3.63) is 94.3 Å². The first-order valence-corrected chi connectivity index (χ1v) is 10.5. The highest BCUT2D eigenvalue weighted by molar-refractivity contribution is 6.39. The molecule has 0 bridgehead atoms. The average Bonchev–Trinajstić information content (AvgIpc) is 2.82. The predicted octanol–water partition coefficient (Wildman–Crippen LogP) is 4.73. The number of amides is 4. The zero-order chi connectivity index (χ0) is 24.2. The Kier molecular flexibility index (Phi) is 6.60. The van der Waals surface area contributed by atoms with Gasteiger partial charge < -0.3 is 9.47 Å². The SMILES string of the molecule is COc1cc(C=C2C(=O)NC(=O)N(c3ccccc3F)C2=O)ccc1OCc1ccccc1Cl. The Morgan fingerprint density at radius 3 is 2.47 bits per heavy atom. The van der Waals surface area contributed by atoms with E-state index in [1.165, 1.54) is 31.4 Å². The summed E-state index contributed by atoms with van der Waals surface area (Å²) in [4.78, 5) is 38.2. The van der Waals surface area contributed by atoms with E-state index in [2.05, 4.69) is 5.32 Å². The molecular formula is C25H18ClFN2O5. The first-order valence-electron chi connectivity index (χ1n) is 10.1. The molecule has 7 nitrogen and oxygen atoms in total. The smallest absolute Gasteiger partial charge is 0.336 e. The van der Waals surface area contributed by atoms with Gasteiger partial charge in [0.05, 0.1) is 12.8 Å². The first kappa shape index (κ1) is 23.0. The molecule has 1 aliphatic rings. The van der Waals surface area contributed by atoms with Crippen LogP contribution in [0.5, 0.6) is 11.5 Å². The van der Waals surface area contributed by atoms with Gasteiger partial charge in [0.1, 0.15) is 18.0 Å². The summed E-state index contributed by atoms with van der Waals surface area (Å²) in [7, 11) is 1.45. The molecule has 0 radical (unpaired) electrons. The number of anilines is 1. The molecule has 34 heavy (non-hydrogen) atoms. The number of nitrogens with one attached hydrogen (secondary N) is 1. The molecule has 3 aromatic carbocycles. The second-order valence-electron chi connectivity index (χ2n) is 7.20. The van der Waals surface area contributed by atoms with Gasteiger partial charge in [0.2, 0.25) is 0 Å². The third-order valence-corrected chi connectivity index (χ3v) is 5.40. The van der Waals surface area contributed by atoms with Crippen LogP contribution in [0.15, 0.2) is 72.3 Å². The van der Waals surface area contributed by atoms with Crippen LogP contribution in [-0.2, 0) is 16.2 Å². The topological polar surface area (TPSA) is 84.9 Å². The van der Waals surface area contributed by atoms with Crippen LogP contribution in [0, 0.1) is 5.82 Å². The summed E-state index contributed by atoms with van der Waals surface area (Å²) < 4.78 is 25.4. The largest absolute Gasteiger partial charge is 0.493 e. The zero-order valence-corrected chi connectivity index (χ0v) is 18.6. The van der Waals surface area contributed by atoms with Gasteiger partial charge in [-0.15, -0.1) is 0 Å². The third kappa shape index (κ3) is 4.62. The molecule has 0 unspecified atom stereocenters. The van der Waals surface area contributed by atoms with Gasteiger partial charge in [-0.2, -0.15) is 0 Å². The minimum atomic E-state index is -1.03. The summed E-state index contributed by atoms with van der Waals surface area (Å²) in [6, 6.07) is 16.3. The van der Waals surface area contributed by atoms with Crippen LogP contribution in [0.25, 0.3) is 6.08 Å². The maximum Gasteiger partial charge on any atom is 0.336 e. The highest BCUT2D eigenvalue weighted by Gasteiger charge is 2.37. The summed E-state index contributed by atoms with van der Waals surface area (Å²) in [6.45, 7) is 0.205. The third-order valence-electron chi connectivity index (χ3n) is 5.03. The Hall–Kier alpha value is -4.17. The normalized spacial score (nSPS) is 14.9. The van der Waals surface area contributed by atoms with Gasteiger partial charge in [-0.25, -0.2) is 14.1 Å². The van der Waals surface area contributed by atoms with E-state index in [1.54, 1.807) is 24.3 Å². The number of ether oxygens (including phenoxy) is 2. The minimum Gasteiger partial charge on any atom is -0.493 e. The standard InChI is InChI=1S/C25H18ClFN2O5/c1-33-22-13-15(10-11-21(22)34-14-16-6-2-3-7-18(16)26)12-17-23(30)28-25(32)29(24(17)31)20-9-5-4-8-19(20)27/h2-13H,14H2,1H3,(H,28,30,32). The van der Waals surface area contributed by atoms with Gasteiger partial charge in [-0.1, -0.05) is 48.0 Å². The molecule has 1 fully saturated rings. The molecule has 3 aromatic rings. The Morgan fingerprint density at radius 1 is 1.00 bits per heavy atom. The van der Waals surface area contributed by atoms with E-state index in [4.69, 9.17) is 21.1 Å². The number of carbonyl (C=O) groups excluding carboxylic acids is 3. The van der Waals surface area contributed by atoms with Crippen molar-refractivity contribution >= 4 is 41.2 Å². The maximum absolute atomic E-state index is 14.2. The van der Waals surface area contributed by atoms with Gasteiger partial charge in [-0.3, -0.25) is 14.9 Å². The van der Waals surface area contributed by atoms with E-state index >= 15 is 0 Å². The molecule has 1 heterocycles. The molecule has 9 heteroatoms. The van der Waals surface area contributed by atoms with Crippen molar-refractivity contribution in [2.75, 3.05) is 12.0 Å². The van der Waals surface area contributed by atoms with E-state index in [9.17, 15) is 18.8 Å². The zero-order valence-electron chi connectivity index (χ0n) is 17.9. The molecule has 4 amide bonds. The fourth-order valence-electron chi connectivity index (χ4n) is 3.34. The Bertz CT molecular complexity index is 1320. The second-order valence-corrected chi connectivity index (χ2v) is 7.61. The van der Waals surface area contributed by atoms with Crippen molar-refractivity contribution in [2.24, 2.45) is 0 Å². The fourth-order valence-corrected chi connectivity index (χ4v) is 3.53.